The maximum Gasteiger partial charge on any atom is 0.278 e. The van der Waals surface area contributed by atoms with Gasteiger partial charge in [-0.1, -0.05) is 12.1 Å². The molecule has 1 aromatic carbocycles. The molecule has 0 aliphatic carbocycles. The molecule has 9 nitrogen and oxygen atoms in total. The Morgan fingerprint density at radius 1 is 1.45 bits per heavy atom. The third-order valence-electron chi connectivity index (χ3n) is 2.37. The van der Waals surface area contributed by atoms with Crippen LogP contribution in [0.25, 0.3) is 0 Å². The molecule has 1 heterocycles. The number of nitro benzene ring substituents is 1. The summed E-state index contributed by atoms with van der Waals surface area (Å²) in [7, 11) is 0. The normalized spacial score (nSPS) is 10.4. The Balaban J connectivity index is 1.83. The van der Waals surface area contributed by atoms with E-state index < -0.39 is 10.8 Å². The van der Waals surface area contributed by atoms with Crippen LogP contribution < -0.4 is 10.2 Å². The minimum Gasteiger partial charge on any atom is -0.466 e. The molecule has 1 aromatic heterocycles. The molecule has 0 aliphatic heterocycles. The van der Waals surface area contributed by atoms with Crippen LogP contribution in [-0.2, 0) is 4.79 Å². The fourth-order valence-electron chi connectivity index (χ4n) is 1.43. The second-order valence-electron chi connectivity index (χ2n) is 3.98. The first-order chi connectivity index (χ1) is 10.6. The molecule has 0 spiro atoms. The lowest BCUT2D eigenvalue weighted by Crippen LogP contribution is -2.24. The number of hydrazone groups is 1. The average Bonchev–Trinajstić information content (AvgIpc) is 2.54. The van der Waals surface area contributed by atoms with Crippen molar-refractivity contribution in [1.29, 1.82) is 0 Å². The Bertz CT molecular complexity index is 690. The average molecular weight is 301 g/mol. The number of nitrogens with zero attached hydrogens (tertiary/aromatic N) is 4. The summed E-state index contributed by atoms with van der Waals surface area (Å²) < 4.78 is 5.07. The number of carbonyl (C=O) groups is 1. The van der Waals surface area contributed by atoms with Crippen molar-refractivity contribution in [3.05, 3.63) is 58.5 Å². The van der Waals surface area contributed by atoms with Gasteiger partial charge >= 0.3 is 0 Å². The number of rotatable bonds is 6. The highest BCUT2D eigenvalue weighted by atomic mass is 16.6. The molecule has 0 saturated carbocycles. The molecule has 1 amide bonds. The van der Waals surface area contributed by atoms with Gasteiger partial charge in [0.2, 0.25) is 5.88 Å². The zero-order chi connectivity index (χ0) is 15.8. The maximum absolute atomic E-state index is 11.5. The van der Waals surface area contributed by atoms with Gasteiger partial charge in [0.15, 0.2) is 6.61 Å². The van der Waals surface area contributed by atoms with Crippen molar-refractivity contribution in [3.8, 4) is 5.88 Å². The van der Waals surface area contributed by atoms with Crippen molar-refractivity contribution < 1.29 is 14.5 Å². The number of aromatic nitrogens is 2. The summed E-state index contributed by atoms with van der Waals surface area (Å²) in [6, 6.07) is 5.85. The van der Waals surface area contributed by atoms with E-state index in [1.165, 1.54) is 43.0 Å². The number of non-ortho nitro benzene ring substituents is 1. The molecule has 0 atom stereocenters. The number of hydrogen-bond donors (Lipinski definition) is 1. The molecule has 0 radical (unpaired) electrons. The van der Waals surface area contributed by atoms with Crippen molar-refractivity contribution in [1.82, 2.24) is 15.4 Å². The summed E-state index contributed by atoms with van der Waals surface area (Å²) in [6.07, 6.45) is 5.59. The predicted molar refractivity (Wildman–Crippen MR) is 76.4 cm³/mol. The van der Waals surface area contributed by atoms with E-state index in [-0.39, 0.29) is 18.2 Å². The highest BCUT2D eigenvalue weighted by Gasteiger charge is 2.04. The summed E-state index contributed by atoms with van der Waals surface area (Å²) >= 11 is 0. The summed E-state index contributed by atoms with van der Waals surface area (Å²) in [6.45, 7) is -0.273. The van der Waals surface area contributed by atoms with Crippen LogP contribution in [0.1, 0.15) is 5.56 Å². The van der Waals surface area contributed by atoms with Crippen LogP contribution in [-0.4, -0.2) is 33.6 Å². The fraction of sp³-hybridized carbons (Fsp3) is 0.0769. The molecule has 9 heteroatoms. The van der Waals surface area contributed by atoms with E-state index >= 15 is 0 Å². The number of hydrogen-bond acceptors (Lipinski definition) is 7. The molecular formula is C13H11N5O4. The lowest BCUT2D eigenvalue weighted by atomic mass is 10.2. The molecule has 0 unspecified atom stereocenters. The molecule has 0 saturated heterocycles. The smallest absolute Gasteiger partial charge is 0.278 e. The van der Waals surface area contributed by atoms with Gasteiger partial charge in [-0.15, -0.1) is 0 Å². The zero-order valence-electron chi connectivity index (χ0n) is 11.2. The van der Waals surface area contributed by atoms with E-state index in [2.05, 4.69) is 20.5 Å². The third-order valence-corrected chi connectivity index (χ3v) is 2.37. The van der Waals surface area contributed by atoms with Gasteiger partial charge in [-0.2, -0.15) is 5.10 Å². The van der Waals surface area contributed by atoms with Gasteiger partial charge in [-0.3, -0.25) is 19.9 Å². The van der Waals surface area contributed by atoms with Crippen molar-refractivity contribution in [2.75, 3.05) is 6.61 Å². The summed E-state index contributed by atoms with van der Waals surface area (Å²) in [5.41, 5.74) is 2.67. The highest BCUT2D eigenvalue weighted by molar-refractivity contribution is 5.83. The third kappa shape index (κ3) is 4.63. The number of nitro groups is 1. The van der Waals surface area contributed by atoms with Gasteiger partial charge in [0.25, 0.3) is 11.6 Å². The summed E-state index contributed by atoms with van der Waals surface area (Å²) in [5.74, 6) is -0.271. The highest BCUT2D eigenvalue weighted by Crippen LogP contribution is 2.11. The van der Waals surface area contributed by atoms with E-state index in [0.29, 0.717) is 5.56 Å². The zero-order valence-corrected chi connectivity index (χ0v) is 11.2. The lowest BCUT2D eigenvalue weighted by molar-refractivity contribution is -0.384. The summed E-state index contributed by atoms with van der Waals surface area (Å²) in [5, 5.41) is 14.3. The molecule has 22 heavy (non-hydrogen) atoms. The SMILES string of the molecule is O=C(COc1cnccn1)N/N=C/c1cccc([N+](=O)[O-])c1. The van der Waals surface area contributed by atoms with Gasteiger partial charge < -0.3 is 4.74 Å². The number of benzene rings is 1. The Hall–Kier alpha value is -3.36. The van der Waals surface area contributed by atoms with E-state index in [4.69, 9.17) is 4.74 Å². The first-order valence-electron chi connectivity index (χ1n) is 6.10. The van der Waals surface area contributed by atoms with Crippen LogP contribution in [0.5, 0.6) is 5.88 Å². The Morgan fingerprint density at radius 3 is 3.05 bits per heavy atom. The predicted octanol–water partition coefficient (Wildman–Crippen LogP) is 0.914. The minimum atomic E-state index is -0.509. The van der Waals surface area contributed by atoms with E-state index in [1.54, 1.807) is 6.07 Å². The van der Waals surface area contributed by atoms with Crippen LogP contribution in [0, 0.1) is 10.1 Å². The molecule has 0 aliphatic rings. The van der Waals surface area contributed by atoms with Crippen molar-refractivity contribution in [3.63, 3.8) is 0 Å². The first kappa shape index (κ1) is 15.0. The number of ether oxygens (including phenoxy) is 1. The number of nitrogens with one attached hydrogen (secondary N) is 1. The van der Waals surface area contributed by atoms with Crippen molar-refractivity contribution in [2.45, 2.75) is 0 Å². The Labute approximate surface area is 124 Å². The Kier molecular flexibility index (Phi) is 5.08. The lowest BCUT2D eigenvalue weighted by Gasteiger charge is -2.02. The van der Waals surface area contributed by atoms with Crippen molar-refractivity contribution >= 4 is 17.8 Å². The molecule has 2 aromatic rings. The Morgan fingerprint density at radius 2 is 2.32 bits per heavy atom. The van der Waals surface area contributed by atoms with E-state index in [0.717, 1.165) is 0 Å². The standard InChI is InChI=1S/C13H11N5O4/c19-12(9-22-13-8-14-4-5-15-13)17-16-7-10-2-1-3-11(6-10)18(20)21/h1-8H,9H2,(H,17,19)/b16-7+. The fourth-order valence-corrected chi connectivity index (χ4v) is 1.43. The molecule has 0 fully saturated rings. The largest absolute Gasteiger partial charge is 0.466 e. The number of amides is 1. The summed E-state index contributed by atoms with van der Waals surface area (Å²) in [4.78, 5) is 29.2. The minimum absolute atomic E-state index is 0.0544. The monoisotopic (exact) mass is 301 g/mol. The van der Waals surface area contributed by atoms with Crippen LogP contribution in [0.15, 0.2) is 48.0 Å². The second-order valence-corrected chi connectivity index (χ2v) is 3.98. The van der Waals surface area contributed by atoms with E-state index in [9.17, 15) is 14.9 Å². The quantitative estimate of drug-likeness (QED) is 0.481. The van der Waals surface area contributed by atoms with Crippen LogP contribution in [0.3, 0.4) is 0 Å². The van der Waals surface area contributed by atoms with Gasteiger partial charge in [0, 0.05) is 30.1 Å². The van der Waals surface area contributed by atoms with Crippen LogP contribution >= 0.6 is 0 Å². The molecular weight excluding hydrogens is 290 g/mol. The van der Waals surface area contributed by atoms with Gasteiger partial charge in [0.05, 0.1) is 17.3 Å². The second kappa shape index (κ2) is 7.43. The van der Waals surface area contributed by atoms with Crippen LogP contribution in [0.4, 0.5) is 5.69 Å². The molecule has 1 N–H and O–H groups in total. The molecule has 0 bridgehead atoms. The van der Waals surface area contributed by atoms with Crippen molar-refractivity contribution in [2.24, 2.45) is 5.10 Å². The van der Waals surface area contributed by atoms with E-state index in [1.807, 2.05) is 0 Å². The van der Waals surface area contributed by atoms with Gasteiger partial charge in [-0.25, -0.2) is 10.4 Å². The molecule has 112 valence electrons. The first-order valence-corrected chi connectivity index (χ1v) is 6.10. The molecule has 2 rings (SSSR count). The van der Waals surface area contributed by atoms with Crippen LogP contribution in [0.2, 0.25) is 0 Å². The van der Waals surface area contributed by atoms with Gasteiger partial charge in [-0.05, 0) is 0 Å². The number of carbonyl (C=O) groups excluding carboxylic acids is 1. The maximum atomic E-state index is 11.5. The van der Waals surface area contributed by atoms with Gasteiger partial charge in [0.1, 0.15) is 0 Å². The topological polar surface area (TPSA) is 120 Å².